The lowest BCUT2D eigenvalue weighted by Crippen LogP contribution is -2.23. The van der Waals surface area contributed by atoms with E-state index in [4.69, 9.17) is 15.1 Å². The topological polar surface area (TPSA) is 46.8 Å². The highest BCUT2D eigenvalue weighted by atomic mass is 15.3. The molecule has 5 heteroatoms. The lowest BCUT2D eigenvalue weighted by Gasteiger charge is -2.21. The molecule has 0 aliphatic rings. The number of hydrogen-bond donors (Lipinski definition) is 0. The first-order valence-corrected chi connectivity index (χ1v) is 11.1. The third kappa shape index (κ3) is 3.87. The van der Waals surface area contributed by atoms with Gasteiger partial charge in [0, 0.05) is 43.2 Å². The molecule has 0 bridgehead atoms. The molecule has 3 heterocycles. The van der Waals surface area contributed by atoms with Crippen LogP contribution >= 0.6 is 0 Å². The van der Waals surface area contributed by atoms with Crippen molar-refractivity contribution in [3.63, 3.8) is 0 Å². The highest BCUT2D eigenvalue weighted by Crippen LogP contribution is 2.33. The molecule has 156 valence electrons. The maximum atomic E-state index is 5.09. The molecule has 0 N–H and O–H groups in total. The molecule has 3 rings (SSSR count). The van der Waals surface area contributed by atoms with Crippen molar-refractivity contribution in [1.82, 2.24) is 19.7 Å². The minimum absolute atomic E-state index is 0.479. The normalized spacial score (nSPS) is 11.6. The van der Waals surface area contributed by atoms with Gasteiger partial charge in [0.1, 0.15) is 5.82 Å². The summed E-state index contributed by atoms with van der Waals surface area (Å²) in [5.74, 6) is 1.53. The van der Waals surface area contributed by atoms with Crippen LogP contribution in [0.5, 0.6) is 0 Å². The molecule has 0 aromatic carbocycles. The van der Waals surface area contributed by atoms with Gasteiger partial charge in [0.2, 0.25) is 0 Å². The van der Waals surface area contributed by atoms with Crippen LogP contribution in [-0.2, 0) is 13.5 Å². The van der Waals surface area contributed by atoms with E-state index < -0.39 is 0 Å². The monoisotopic (exact) mass is 393 g/mol. The average Bonchev–Trinajstić information content (AvgIpc) is 3.04. The molecule has 3 aromatic heterocycles. The van der Waals surface area contributed by atoms with Crippen LogP contribution in [0.3, 0.4) is 0 Å². The summed E-state index contributed by atoms with van der Waals surface area (Å²) in [6.45, 7) is 15.1. The quantitative estimate of drug-likeness (QED) is 0.496. The zero-order chi connectivity index (χ0) is 21.1. The molecule has 0 amide bonds. The van der Waals surface area contributed by atoms with Gasteiger partial charge in [-0.1, -0.05) is 20.8 Å². The first kappa shape index (κ1) is 21.3. The zero-order valence-electron chi connectivity index (χ0n) is 19.1. The number of aromatic nitrogens is 4. The van der Waals surface area contributed by atoms with Gasteiger partial charge >= 0.3 is 0 Å². The van der Waals surface area contributed by atoms with E-state index in [2.05, 4.69) is 58.6 Å². The van der Waals surface area contributed by atoms with Gasteiger partial charge in [-0.15, -0.1) is 0 Å². The van der Waals surface area contributed by atoms with Crippen molar-refractivity contribution in [1.29, 1.82) is 0 Å². The van der Waals surface area contributed by atoms with Gasteiger partial charge in [-0.05, 0) is 63.3 Å². The van der Waals surface area contributed by atoms with Gasteiger partial charge in [0.05, 0.1) is 11.4 Å². The second kappa shape index (κ2) is 8.93. The standard InChI is InChI=1S/C24H35N5/c1-8-17(9-2)23-19-13-16(6)22(26-24(19)28(7)27-23)20-15-25-21(14-18(20)10-3)29(11-4)12-5/h13-15,17H,8-12H2,1-7H3. The van der Waals surface area contributed by atoms with E-state index in [-0.39, 0.29) is 0 Å². The van der Waals surface area contributed by atoms with Crippen LogP contribution in [-0.4, -0.2) is 32.8 Å². The molecule has 0 fully saturated rings. The van der Waals surface area contributed by atoms with Crippen LogP contribution < -0.4 is 4.90 Å². The summed E-state index contributed by atoms with van der Waals surface area (Å²) < 4.78 is 1.94. The van der Waals surface area contributed by atoms with Gasteiger partial charge in [-0.25, -0.2) is 9.97 Å². The van der Waals surface area contributed by atoms with E-state index in [0.29, 0.717) is 5.92 Å². The Hall–Kier alpha value is -2.43. The molecule has 29 heavy (non-hydrogen) atoms. The lowest BCUT2D eigenvalue weighted by atomic mass is 9.95. The highest BCUT2D eigenvalue weighted by Gasteiger charge is 2.20. The fraction of sp³-hybridized carbons (Fsp3) is 0.542. The van der Waals surface area contributed by atoms with Gasteiger partial charge in [-0.2, -0.15) is 5.10 Å². The third-order valence-electron chi connectivity index (χ3n) is 6.10. The lowest BCUT2D eigenvalue weighted by molar-refractivity contribution is 0.608. The predicted molar refractivity (Wildman–Crippen MR) is 123 cm³/mol. The van der Waals surface area contributed by atoms with E-state index in [1.807, 2.05) is 17.9 Å². The summed E-state index contributed by atoms with van der Waals surface area (Å²) in [4.78, 5) is 12.1. The Morgan fingerprint density at radius 1 is 1.03 bits per heavy atom. The van der Waals surface area contributed by atoms with Gasteiger partial charge in [0.25, 0.3) is 0 Å². The number of aryl methyl sites for hydroxylation is 3. The molecule has 5 nitrogen and oxygen atoms in total. The Morgan fingerprint density at radius 2 is 1.72 bits per heavy atom. The maximum Gasteiger partial charge on any atom is 0.158 e. The molecule has 0 unspecified atom stereocenters. The Balaban J connectivity index is 2.15. The number of hydrogen-bond acceptors (Lipinski definition) is 4. The minimum atomic E-state index is 0.479. The first-order chi connectivity index (χ1) is 14.0. The number of nitrogens with zero attached hydrogens (tertiary/aromatic N) is 5. The Kier molecular flexibility index (Phi) is 6.56. The molecule has 0 spiro atoms. The molecule has 0 saturated heterocycles. The SMILES string of the molecule is CCc1cc(N(CC)CC)ncc1-c1nc2c(cc1C)c(C(CC)CC)nn2C. The average molecular weight is 394 g/mol. The molecule has 0 radical (unpaired) electrons. The Morgan fingerprint density at radius 3 is 2.31 bits per heavy atom. The largest absolute Gasteiger partial charge is 0.357 e. The Labute approximate surface area is 175 Å². The summed E-state index contributed by atoms with van der Waals surface area (Å²) >= 11 is 0. The van der Waals surface area contributed by atoms with Crippen molar-refractivity contribution in [3.8, 4) is 11.3 Å². The van der Waals surface area contributed by atoms with Crippen molar-refractivity contribution in [3.05, 3.63) is 35.2 Å². The molecule has 0 aliphatic carbocycles. The van der Waals surface area contributed by atoms with Crippen LogP contribution in [0.1, 0.15) is 70.2 Å². The van der Waals surface area contributed by atoms with Crippen molar-refractivity contribution in [2.24, 2.45) is 7.05 Å². The van der Waals surface area contributed by atoms with Crippen molar-refractivity contribution in [2.75, 3.05) is 18.0 Å². The van der Waals surface area contributed by atoms with Crippen molar-refractivity contribution >= 4 is 16.9 Å². The first-order valence-electron chi connectivity index (χ1n) is 11.1. The van der Waals surface area contributed by atoms with Gasteiger partial charge in [-0.3, -0.25) is 4.68 Å². The number of pyridine rings is 2. The summed E-state index contributed by atoms with van der Waals surface area (Å²) in [6.07, 6.45) is 5.15. The molecular formula is C24H35N5. The van der Waals surface area contributed by atoms with E-state index in [1.54, 1.807) is 0 Å². The number of rotatable bonds is 8. The molecular weight excluding hydrogens is 358 g/mol. The van der Waals surface area contributed by atoms with Crippen LogP contribution in [0.25, 0.3) is 22.3 Å². The van der Waals surface area contributed by atoms with Crippen LogP contribution in [0, 0.1) is 6.92 Å². The molecule has 0 atom stereocenters. The summed E-state index contributed by atoms with van der Waals surface area (Å²) in [6, 6.07) is 4.50. The zero-order valence-corrected chi connectivity index (χ0v) is 19.1. The fourth-order valence-corrected chi connectivity index (χ4v) is 4.26. The van der Waals surface area contributed by atoms with Crippen LogP contribution in [0.4, 0.5) is 5.82 Å². The van der Waals surface area contributed by atoms with Crippen LogP contribution in [0.15, 0.2) is 18.3 Å². The molecule has 3 aromatic rings. The maximum absolute atomic E-state index is 5.09. The molecule has 0 saturated carbocycles. The Bertz CT molecular complexity index is 981. The predicted octanol–water partition coefficient (Wildman–Crippen LogP) is 5.65. The van der Waals surface area contributed by atoms with Gasteiger partial charge < -0.3 is 4.90 Å². The minimum Gasteiger partial charge on any atom is -0.357 e. The number of fused-ring (bicyclic) bond motifs is 1. The van der Waals surface area contributed by atoms with E-state index in [1.165, 1.54) is 22.2 Å². The van der Waals surface area contributed by atoms with Gasteiger partial charge in [0.15, 0.2) is 5.65 Å². The van der Waals surface area contributed by atoms with E-state index >= 15 is 0 Å². The second-order valence-corrected chi connectivity index (χ2v) is 7.77. The van der Waals surface area contributed by atoms with E-state index in [9.17, 15) is 0 Å². The van der Waals surface area contributed by atoms with Crippen molar-refractivity contribution in [2.45, 2.75) is 66.7 Å². The van der Waals surface area contributed by atoms with E-state index in [0.717, 1.165) is 55.1 Å². The van der Waals surface area contributed by atoms with Crippen molar-refractivity contribution < 1.29 is 0 Å². The summed E-state index contributed by atoms with van der Waals surface area (Å²) in [7, 11) is 2.00. The fourth-order valence-electron chi connectivity index (χ4n) is 4.26. The second-order valence-electron chi connectivity index (χ2n) is 7.77. The number of anilines is 1. The third-order valence-corrected chi connectivity index (χ3v) is 6.10. The summed E-state index contributed by atoms with van der Waals surface area (Å²) in [5, 5.41) is 6.03. The smallest absolute Gasteiger partial charge is 0.158 e. The summed E-state index contributed by atoms with van der Waals surface area (Å²) in [5.41, 5.74) is 6.77. The van der Waals surface area contributed by atoms with Crippen LogP contribution in [0.2, 0.25) is 0 Å². The highest BCUT2D eigenvalue weighted by molar-refractivity contribution is 5.84. The molecule has 0 aliphatic heterocycles.